The van der Waals surface area contributed by atoms with E-state index in [0.717, 1.165) is 16.8 Å². The van der Waals surface area contributed by atoms with Gasteiger partial charge in [-0.2, -0.15) is 5.10 Å². The third-order valence-electron chi connectivity index (χ3n) is 3.35. The third kappa shape index (κ3) is 2.74. The first-order valence-corrected chi connectivity index (χ1v) is 6.99. The molecule has 3 aromatic rings. The van der Waals surface area contributed by atoms with Gasteiger partial charge in [0.1, 0.15) is 11.3 Å². The summed E-state index contributed by atoms with van der Waals surface area (Å²) in [6.45, 7) is 3.81. The lowest BCUT2D eigenvalue weighted by Crippen LogP contribution is -2.20. The summed E-state index contributed by atoms with van der Waals surface area (Å²) in [6, 6.07) is 13.5. The fraction of sp³-hybridized carbons (Fsp3) is 0.118. The van der Waals surface area contributed by atoms with Crippen molar-refractivity contribution in [1.29, 1.82) is 0 Å². The van der Waals surface area contributed by atoms with Crippen LogP contribution in [0.15, 0.2) is 53.8 Å². The van der Waals surface area contributed by atoms with Crippen molar-refractivity contribution in [1.82, 2.24) is 14.8 Å². The number of hydrogen-bond acceptors (Lipinski definition) is 3. The van der Waals surface area contributed by atoms with Gasteiger partial charge in [0.2, 0.25) is 0 Å². The monoisotopic (exact) mass is 292 g/mol. The molecule has 0 atom stereocenters. The first kappa shape index (κ1) is 14.0. The average molecular weight is 292 g/mol. The summed E-state index contributed by atoms with van der Waals surface area (Å²) >= 11 is 0. The fourth-order valence-electron chi connectivity index (χ4n) is 2.30. The van der Waals surface area contributed by atoms with Gasteiger partial charge < -0.3 is 0 Å². The largest absolute Gasteiger partial charge is 0.295 e. The molecule has 0 saturated carbocycles. The second kappa shape index (κ2) is 5.81. The maximum atomic E-state index is 12.3. The smallest absolute Gasteiger partial charge is 0.290 e. The SMILES string of the molecule is Cc1ccn2c(C(=O)NN=Cc3ccccc3)c(C)nc2c1. The first-order valence-electron chi connectivity index (χ1n) is 6.99. The van der Waals surface area contributed by atoms with Crippen molar-refractivity contribution < 1.29 is 4.79 Å². The maximum Gasteiger partial charge on any atom is 0.290 e. The van der Waals surface area contributed by atoms with Gasteiger partial charge in [0.25, 0.3) is 5.91 Å². The molecule has 3 rings (SSSR count). The van der Waals surface area contributed by atoms with Crippen molar-refractivity contribution in [3.8, 4) is 0 Å². The van der Waals surface area contributed by atoms with Gasteiger partial charge >= 0.3 is 0 Å². The first-order chi connectivity index (χ1) is 10.6. The van der Waals surface area contributed by atoms with Crippen LogP contribution in [0.2, 0.25) is 0 Å². The molecule has 0 saturated heterocycles. The molecule has 0 aliphatic rings. The van der Waals surface area contributed by atoms with Crippen LogP contribution in [0.5, 0.6) is 0 Å². The zero-order chi connectivity index (χ0) is 15.5. The van der Waals surface area contributed by atoms with E-state index in [1.54, 1.807) is 10.6 Å². The van der Waals surface area contributed by atoms with E-state index < -0.39 is 0 Å². The molecule has 0 aliphatic heterocycles. The number of fused-ring (bicyclic) bond motifs is 1. The fourth-order valence-corrected chi connectivity index (χ4v) is 2.30. The number of hydrogen-bond donors (Lipinski definition) is 1. The van der Waals surface area contributed by atoms with Crippen LogP contribution in [0.25, 0.3) is 5.65 Å². The van der Waals surface area contributed by atoms with Gasteiger partial charge in [0.15, 0.2) is 0 Å². The molecule has 0 aliphatic carbocycles. The van der Waals surface area contributed by atoms with Crippen LogP contribution in [0, 0.1) is 13.8 Å². The number of aryl methyl sites for hydroxylation is 2. The van der Waals surface area contributed by atoms with Gasteiger partial charge in [-0.15, -0.1) is 0 Å². The number of carbonyl (C=O) groups is 1. The van der Waals surface area contributed by atoms with E-state index in [1.807, 2.05) is 62.5 Å². The van der Waals surface area contributed by atoms with E-state index in [9.17, 15) is 4.79 Å². The number of pyridine rings is 1. The minimum Gasteiger partial charge on any atom is -0.295 e. The highest BCUT2D eigenvalue weighted by Crippen LogP contribution is 2.13. The number of amides is 1. The number of nitrogens with one attached hydrogen (secondary N) is 1. The maximum absolute atomic E-state index is 12.3. The van der Waals surface area contributed by atoms with Crippen molar-refractivity contribution >= 4 is 17.8 Å². The Morgan fingerprint density at radius 1 is 1.23 bits per heavy atom. The zero-order valence-electron chi connectivity index (χ0n) is 12.4. The number of benzene rings is 1. The topological polar surface area (TPSA) is 58.8 Å². The van der Waals surface area contributed by atoms with E-state index in [2.05, 4.69) is 15.5 Å². The predicted octanol–water partition coefficient (Wildman–Crippen LogP) is 2.72. The van der Waals surface area contributed by atoms with Crippen LogP contribution in [-0.2, 0) is 0 Å². The highest BCUT2D eigenvalue weighted by atomic mass is 16.2. The Hall–Kier alpha value is -2.95. The number of hydrazone groups is 1. The van der Waals surface area contributed by atoms with Crippen LogP contribution in [0.1, 0.15) is 27.3 Å². The second-order valence-corrected chi connectivity index (χ2v) is 5.09. The standard InChI is InChI=1S/C17H16N4O/c1-12-8-9-21-15(10-12)19-13(2)16(21)17(22)20-18-11-14-6-4-3-5-7-14/h3-11H,1-2H3,(H,20,22). The summed E-state index contributed by atoms with van der Waals surface area (Å²) in [5.41, 5.74) is 6.52. The van der Waals surface area contributed by atoms with Gasteiger partial charge in [-0.25, -0.2) is 10.4 Å². The Labute approximate surface area is 128 Å². The normalized spacial score (nSPS) is 11.2. The molecule has 0 fully saturated rings. The molecule has 0 bridgehead atoms. The van der Waals surface area contributed by atoms with E-state index in [4.69, 9.17) is 0 Å². The Morgan fingerprint density at radius 2 is 2.00 bits per heavy atom. The number of imidazole rings is 1. The van der Waals surface area contributed by atoms with Crippen LogP contribution < -0.4 is 5.43 Å². The molecule has 5 nitrogen and oxygen atoms in total. The lowest BCUT2D eigenvalue weighted by Gasteiger charge is -2.02. The summed E-state index contributed by atoms with van der Waals surface area (Å²) in [6.07, 6.45) is 3.46. The van der Waals surface area contributed by atoms with Crippen molar-refractivity contribution in [2.75, 3.05) is 0 Å². The summed E-state index contributed by atoms with van der Waals surface area (Å²) in [5.74, 6) is -0.277. The van der Waals surface area contributed by atoms with Crippen LogP contribution in [0.4, 0.5) is 0 Å². The quantitative estimate of drug-likeness (QED) is 0.596. The second-order valence-electron chi connectivity index (χ2n) is 5.09. The number of carbonyl (C=O) groups excluding carboxylic acids is 1. The zero-order valence-corrected chi connectivity index (χ0v) is 12.4. The molecule has 110 valence electrons. The number of rotatable bonds is 3. The average Bonchev–Trinajstić information content (AvgIpc) is 2.83. The molecule has 5 heteroatoms. The summed E-state index contributed by atoms with van der Waals surface area (Å²) in [7, 11) is 0. The molecular formula is C17H16N4O. The molecule has 1 aromatic carbocycles. The Balaban J connectivity index is 1.83. The van der Waals surface area contributed by atoms with Gasteiger partial charge in [-0.1, -0.05) is 30.3 Å². The van der Waals surface area contributed by atoms with Crippen LogP contribution >= 0.6 is 0 Å². The van der Waals surface area contributed by atoms with E-state index in [1.165, 1.54) is 0 Å². The predicted molar refractivity (Wildman–Crippen MR) is 86.2 cm³/mol. The third-order valence-corrected chi connectivity index (χ3v) is 3.35. The summed E-state index contributed by atoms with van der Waals surface area (Å²) in [5, 5.41) is 4.00. The molecular weight excluding hydrogens is 276 g/mol. The molecule has 1 amide bonds. The molecule has 2 aromatic heterocycles. The van der Waals surface area contributed by atoms with Crippen molar-refractivity contribution in [3.05, 3.63) is 71.2 Å². The van der Waals surface area contributed by atoms with E-state index in [0.29, 0.717) is 11.4 Å². The van der Waals surface area contributed by atoms with Crippen molar-refractivity contribution in [2.24, 2.45) is 5.10 Å². The van der Waals surface area contributed by atoms with Crippen LogP contribution in [0.3, 0.4) is 0 Å². The van der Waals surface area contributed by atoms with Crippen LogP contribution in [-0.4, -0.2) is 21.5 Å². The minimum atomic E-state index is -0.277. The van der Waals surface area contributed by atoms with Gasteiger partial charge in [0, 0.05) is 6.20 Å². The Kier molecular flexibility index (Phi) is 3.70. The van der Waals surface area contributed by atoms with Crippen molar-refractivity contribution in [2.45, 2.75) is 13.8 Å². The Morgan fingerprint density at radius 3 is 2.77 bits per heavy atom. The highest BCUT2D eigenvalue weighted by Gasteiger charge is 2.15. The number of nitrogens with zero attached hydrogens (tertiary/aromatic N) is 3. The van der Waals surface area contributed by atoms with Gasteiger partial charge in [-0.3, -0.25) is 9.20 Å². The van der Waals surface area contributed by atoms with Crippen molar-refractivity contribution in [3.63, 3.8) is 0 Å². The minimum absolute atomic E-state index is 0.277. The molecule has 2 heterocycles. The Bertz CT molecular complexity index is 850. The summed E-state index contributed by atoms with van der Waals surface area (Å²) < 4.78 is 1.77. The molecule has 0 spiro atoms. The molecule has 0 radical (unpaired) electrons. The lowest BCUT2D eigenvalue weighted by molar-refractivity contribution is 0.0948. The van der Waals surface area contributed by atoms with Gasteiger partial charge in [-0.05, 0) is 37.1 Å². The molecule has 1 N–H and O–H groups in total. The highest BCUT2D eigenvalue weighted by molar-refractivity contribution is 5.95. The van der Waals surface area contributed by atoms with E-state index >= 15 is 0 Å². The van der Waals surface area contributed by atoms with Gasteiger partial charge in [0.05, 0.1) is 11.9 Å². The number of aromatic nitrogens is 2. The molecule has 0 unspecified atom stereocenters. The molecule has 22 heavy (non-hydrogen) atoms. The lowest BCUT2D eigenvalue weighted by atomic mass is 10.2. The summed E-state index contributed by atoms with van der Waals surface area (Å²) in [4.78, 5) is 16.7. The van der Waals surface area contributed by atoms with E-state index in [-0.39, 0.29) is 5.91 Å².